The molecular formula is C12H15BrO2. The first-order valence-electron chi connectivity index (χ1n) is 5.72. The van der Waals surface area contributed by atoms with Crippen molar-refractivity contribution in [2.45, 2.75) is 30.5 Å². The lowest BCUT2D eigenvalue weighted by Gasteiger charge is -2.10. The Morgan fingerprint density at radius 3 is 2.87 bits per heavy atom. The first-order valence-corrected chi connectivity index (χ1v) is 6.05. The summed E-state index contributed by atoms with van der Waals surface area (Å²) < 4.78 is 18.9. The lowest BCUT2D eigenvalue weighted by Crippen LogP contribution is -2.14. The zero-order chi connectivity index (χ0) is 11.4. The predicted octanol–water partition coefficient (Wildman–Crippen LogP) is 3.10. The van der Waals surface area contributed by atoms with Gasteiger partial charge in [-0.15, -0.1) is 0 Å². The van der Waals surface area contributed by atoms with Gasteiger partial charge in [0.05, 0.1) is 20.7 Å². The van der Waals surface area contributed by atoms with Crippen LogP contribution >= 0.6 is 15.9 Å². The Labute approximate surface area is 100 Å². The Bertz CT molecular complexity index is 320. The molecule has 15 heavy (non-hydrogen) atoms. The largest absolute Gasteiger partial charge is 0.374 e. The molecule has 1 aromatic rings. The normalized spacial score (nSPS) is 28.7. The van der Waals surface area contributed by atoms with Gasteiger partial charge in [0.25, 0.3) is 0 Å². The van der Waals surface area contributed by atoms with Crippen LogP contribution in [0.4, 0.5) is 0 Å². The molecule has 3 atom stereocenters. The van der Waals surface area contributed by atoms with Crippen molar-refractivity contribution in [2.24, 2.45) is 0 Å². The monoisotopic (exact) mass is 271 g/mol. The summed E-state index contributed by atoms with van der Waals surface area (Å²) in [5, 5.41) is 0.155. The minimum atomic E-state index is -0.612. The van der Waals surface area contributed by atoms with E-state index in [9.17, 15) is 0 Å². The van der Waals surface area contributed by atoms with Crippen molar-refractivity contribution in [2.75, 3.05) is 6.61 Å². The smallest absolute Gasteiger partial charge is 0.113 e. The summed E-state index contributed by atoms with van der Waals surface area (Å²) in [4.78, 5) is 0. The van der Waals surface area contributed by atoms with Crippen LogP contribution in [0.5, 0.6) is 0 Å². The third-order valence-corrected chi connectivity index (χ3v) is 3.03. The zero-order valence-corrected chi connectivity index (χ0v) is 10.0. The maximum absolute atomic E-state index is 7.84. The Morgan fingerprint density at radius 2 is 2.20 bits per heavy atom. The molecule has 0 aromatic heterocycles. The third kappa shape index (κ3) is 3.59. The summed E-state index contributed by atoms with van der Waals surface area (Å²) >= 11 is 3.41. The van der Waals surface area contributed by atoms with Gasteiger partial charge >= 0.3 is 0 Å². The number of rotatable bonds is 4. The molecule has 0 spiro atoms. The van der Waals surface area contributed by atoms with Gasteiger partial charge in [-0.25, -0.2) is 0 Å². The Balaban J connectivity index is 1.78. The van der Waals surface area contributed by atoms with Gasteiger partial charge < -0.3 is 9.47 Å². The summed E-state index contributed by atoms with van der Waals surface area (Å²) in [5.74, 6) is 0. The molecule has 0 radical (unpaired) electrons. The van der Waals surface area contributed by atoms with Crippen molar-refractivity contribution in [1.82, 2.24) is 0 Å². The fourth-order valence-corrected chi connectivity index (χ4v) is 2.14. The standard InChI is InChI=1S/C12H15BrO2/c13-12-7-6-11(15-12)9-14-8-10-4-2-1-3-5-10/h1-5,11-12H,6-9H2/i8D. The average molecular weight is 272 g/mol. The van der Waals surface area contributed by atoms with E-state index in [1.807, 2.05) is 30.3 Å². The highest BCUT2D eigenvalue weighted by atomic mass is 79.9. The lowest BCUT2D eigenvalue weighted by molar-refractivity contribution is 0.00423. The highest BCUT2D eigenvalue weighted by Crippen LogP contribution is 2.23. The number of halogens is 1. The van der Waals surface area contributed by atoms with Crippen LogP contribution in [0.3, 0.4) is 0 Å². The van der Waals surface area contributed by atoms with Gasteiger partial charge in [-0.1, -0.05) is 46.3 Å². The predicted molar refractivity (Wildman–Crippen MR) is 62.9 cm³/mol. The van der Waals surface area contributed by atoms with Gasteiger partial charge in [0.1, 0.15) is 5.01 Å². The Morgan fingerprint density at radius 1 is 1.40 bits per heavy atom. The molecule has 1 aromatic carbocycles. The molecule has 2 nitrogen and oxygen atoms in total. The number of hydrogen-bond acceptors (Lipinski definition) is 2. The third-order valence-electron chi connectivity index (χ3n) is 2.36. The number of ether oxygens (including phenoxy) is 2. The number of alkyl halides is 1. The van der Waals surface area contributed by atoms with E-state index in [0.717, 1.165) is 18.4 Å². The molecular weight excluding hydrogens is 256 g/mol. The molecule has 1 heterocycles. The summed E-state index contributed by atoms with van der Waals surface area (Å²) in [5.41, 5.74) is 0.885. The van der Waals surface area contributed by atoms with E-state index < -0.39 is 6.58 Å². The van der Waals surface area contributed by atoms with E-state index >= 15 is 0 Å². The SMILES string of the molecule is [2H]C(OCC1CCC(Br)O1)c1ccccc1. The van der Waals surface area contributed by atoms with Crippen LogP contribution in [0.25, 0.3) is 0 Å². The number of benzene rings is 1. The van der Waals surface area contributed by atoms with E-state index in [0.29, 0.717) is 6.61 Å². The molecule has 3 heteroatoms. The maximum atomic E-state index is 7.84. The van der Waals surface area contributed by atoms with Gasteiger partial charge in [0.2, 0.25) is 0 Å². The van der Waals surface area contributed by atoms with Gasteiger partial charge in [-0.2, -0.15) is 0 Å². The van der Waals surface area contributed by atoms with Crippen LogP contribution in [-0.4, -0.2) is 17.7 Å². The van der Waals surface area contributed by atoms with Gasteiger partial charge in [-0.3, -0.25) is 0 Å². The molecule has 0 amide bonds. The molecule has 82 valence electrons. The molecule has 1 saturated heterocycles. The van der Waals surface area contributed by atoms with Crippen molar-refractivity contribution < 1.29 is 10.8 Å². The van der Waals surface area contributed by atoms with Crippen LogP contribution in [0, 0.1) is 0 Å². The van der Waals surface area contributed by atoms with Crippen molar-refractivity contribution in [3.05, 3.63) is 35.9 Å². The Kier molecular flexibility index (Phi) is 3.69. The summed E-state index contributed by atoms with van der Waals surface area (Å²) in [6.07, 6.45) is 2.14. The van der Waals surface area contributed by atoms with Gasteiger partial charge in [0.15, 0.2) is 0 Å². The zero-order valence-electron chi connectivity index (χ0n) is 9.43. The molecule has 2 rings (SSSR count). The van der Waals surface area contributed by atoms with Crippen LogP contribution in [0.1, 0.15) is 19.8 Å². The highest BCUT2D eigenvalue weighted by Gasteiger charge is 2.22. The molecule has 0 saturated carbocycles. The quantitative estimate of drug-likeness (QED) is 0.784. The van der Waals surface area contributed by atoms with Crippen molar-refractivity contribution >= 4 is 15.9 Å². The average Bonchev–Trinajstić information content (AvgIpc) is 2.73. The van der Waals surface area contributed by atoms with Crippen molar-refractivity contribution in [1.29, 1.82) is 0 Å². The molecule has 0 bridgehead atoms. The first-order chi connectivity index (χ1) is 7.75. The highest BCUT2D eigenvalue weighted by molar-refractivity contribution is 9.09. The van der Waals surface area contributed by atoms with Crippen LogP contribution in [0.15, 0.2) is 30.3 Å². The molecule has 1 aliphatic rings. The van der Waals surface area contributed by atoms with E-state index in [1.165, 1.54) is 0 Å². The van der Waals surface area contributed by atoms with Gasteiger partial charge in [-0.05, 0) is 18.4 Å². The fourth-order valence-electron chi connectivity index (χ4n) is 1.57. The molecule has 1 aliphatic heterocycles. The molecule has 3 unspecified atom stereocenters. The van der Waals surface area contributed by atoms with E-state index in [-0.39, 0.29) is 11.1 Å². The van der Waals surface area contributed by atoms with Crippen molar-refractivity contribution in [3.63, 3.8) is 0 Å². The first kappa shape index (κ1) is 9.82. The van der Waals surface area contributed by atoms with E-state index in [1.54, 1.807) is 0 Å². The van der Waals surface area contributed by atoms with E-state index in [4.69, 9.17) is 10.8 Å². The molecule has 0 aliphatic carbocycles. The molecule has 0 N–H and O–H groups in total. The lowest BCUT2D eigenvalue weighted by atomic mass is 10.2. The van der Waals surface area contributed by atoms with Crippen molar-refractivity contribution in [3.8, 4) is 0 Å². The second-order valence-corrected chi connectivity index (χ2v) is 4.63. The van der Waals surface area contributed by atoms with E-state index in [2.05, 4.69) is 15.9 Å². The maximum Gasteiger partial charge on any atom is 0.113 e. The summed E-state index contributed by atoms with van der Waals surface area (Å²) in [7, 11) is 0. The second kappa shape index (κ2) is 5.64. The van der Waals surface area contributed by atoms with Crippen LogP contribution < -0.4 is 0 Å². The van der Waals surface area contributed by atoms with Gasteiger partial charge in [0, 0.05) is 0 Å². The minimum absolute atomic E-state index is 0.126. The number of hydrogen-bond donors (Lipinski definition) is 0. The topological polar surface area (TPSA) is 18.5 Å². The fraction of sp³-hybridized carbons (Fsp3) is 0.500. The second-order valence-electron chi connectivity index (χ2n) is 3.61. The van der Waals surface area contributed by atoms with Crippen LogP contribution in [0.2, 0.25) is 0 Å². The summed E-state index contributed by atoms with van der Waals surface area (Å²) in [6, 6.07) is 9.58. The summed E-state index contributed by atoms with van der Waals surface area (Å²) in [6.45, 7) is -0.121. The molecule has 1 fully saturated rings. The van der Waals surface area contributed by atoms with Crippen LogP contribution in [-0.2, 0) is 16.1 Å². The minimum Gasteiger partial charge on any atom is -0.374 e. The Hall–Kier alpha value is -0.380.